The number of esters is 3. The van der Waals surface area contributed by atoms with Crippen LogP contribution in [0.15, 0.2) is 12.1 Å². The second-order valence-electron chi connectivity index (χ2n) is 15.0. The molecule has 0 bridgehead atoms. The lowest BCUT2D eigenvalue weighted by atomic mass is 10.3. The van der Waals surface area contributed by atoms with Crippen molar-refractivity contribution in [2.24, 2.45) is 0 Å². The van der Waals surface area contributed by atoms with Gasteiger partial charge in [-0.25, -0.2) is 0 Å². The molecule has 16 heteroatoms. The Morgan fingerprint density at radius 2 is 0.800 bits per heavy atom. The predicted octanol–water partition coefficient (Wildman–Crippen LogP) is 8.30. The molecule has 3 radical (unpaired) electrons. The zero-order valence-electron chi connectivity index (χ0n) is 36.4. The number of hydrogen-bond donors (Lipinski definition) is 0. The van der Waals surface area contributed by atoms with Gasteiger partial charge in [0.05, 0.1) is 27.4 Å². The highest BCUT2D eigenvalue weighted by Crippen LogP contribution is 2.42. The SMILES string of the molecule is CCC(=O)OC(CC)OC(CC)[Si](C)(C)Oc1ccc([Si])c(O[Si](C)(C)C(CC)OC(CC)OC(=O)CC)c1O[Si](C)(C)C(CC)OC(CC)OC(=O)CC. The number of rotatable bonds is 27. The molecule has 1 rings (SSSR count). The van der Waals surface area contributed by atoms with Crippen molar-refractivity contribution in [2.45, 2.75) is 195 Å². The Hall–Kier alpha value is -2.22. The van der Waals surface area contributed by atoms with E-state index < -0.39 is 43.8 Å². The van der Waals surface area contributed by atoms with E-state index in [0.29, 0.717) is 61.0 Å². The monoisotopic (exact) mass is 843 g/mol. The quantitative estimate of drug-likeness (QED) is 0.0365. The molecule has 55 heavy (non-hydrogen) atoms. The van der Waals surface area contributed by atoms with Crippen LogP contribution in [0.2, 0.25) is 39.3 Å². The topological polar surface area (TPSA) is 134 Å². The third-order valence-electron chi connectivity index (χ3n) is 9.22. The average Bonchev–Trinajstić information content (AvgIpc) is 3.14. The van der Waals surface area contributed by atoms with Crippen LogP contribution in [-0.2, 0) is 42.8 Å². The van der Waals surface area contributed by atoms with Crippen LogP contribution in [0.4, 0.5) is 0 Å². The van der Waals surface area contributed by atoms with Crippen LogP contribution in [0.1, 0.15) is 120 Å². The van der Waals surface area contributed by atoms with E-state index in [4.69, 9.17) is 41.7 Å². The number of ether oxygens (including phenoxy) is 6. The van der Waals surface area contributed by atoms with Crippen molar-refractivity contribution < 1.29 is 56.1 Å². The van der Waals surface area contributed by atoms with E-state index in [0.717, 1.165) is 0 Å². The van der Waals surface area contributed by atoms with Crippen molar-refractivity contribution in [1.29, 1.82) is 0 Å². The maximum absolute atomic E-state index is 12.2. The molecule has 315 valence electrons. The molecule has 0 saturated carbocycles. The van der Waals surface area contributed by atoms with Gasteiger partial charge in [0.2, 0.25) is 18.9 Å². The van der Waals surface area contributed by atoms with Gasteiger partial charge in [-0.3, -0.25) is 14.4 Å². The lowest BCUT2D eigenvalue weighted by molar-refractivity contribution is -0.185. The highest BCUT2D eigenvalue weighted by Gasteiger charge is 2.44. The minimum absolute atomic E-state index is 0.248. The van der Waals surface area contributed by atoms with Crippen molar-refractivity contribution in [3.05, 3.63) is 12.1 Å². The highest BCUT2D eigenvalue weighted by molar-refractivity contribution is 6.74. The highest BCUT2D eigenvalue weighted by atomic mass is 28.4. The van der Waals surface area contributed by atoms with Gasteiger partial charge in [0.1, 0.15) is 11.5 Å². The van der Waals surface area contributed by atoms with Gasteiger partial charge in [-0.1, -0.05) is 68.4 Å². The van der Waals surface area contributed by atoms with Crippen molar-refractivity contribution >= 4 is 58.3 Å². The standard InChI is InChI=1S/C39H71O12Si4/c1-16-29(40)43-32(19-4)46-35(22-7)53(10,11)49-27-25-26-28(52)39(51-55(14,15)37(24-9)48-34(21-6)45-31(42)18-3)38(27)50-54(12,13)36(23-8)47-33(20-5)44-30(41)17-2/h25-26,32-37H,16-24H2,1-15H3. The Kier molecular flexibility index (Phi) is 22.1. The lowest BCUT2D eigenvalue weighted by Gasteiger charge is -2.39. The minimum Gasteiger partial charge on any atom is -0.539 e. The van der Waals surface area contributed by atoms with Crippen LogP contribution < -0.4 is 18.5 Å². The fraction of sp³-hybridized carbons (Fsp3) is 0.769. The van der Waals surface area contributed by atoms with Gasteiger partial charge in [-0.15, -0.1) is 0 Å². The molecule has 0 aliphatic rings. The van der Waals surface area contributed by atoms with Crippen LogP contribution in [0.3, 0.4) is 0 Å². The van der Waals surface area contributed by atoms with Crippen molar-refractivity contribution in [2.75, 3.05) is 0 Å². The summed E-state index contributed by atoms with van der Waals surface area (Å²) in [4.78, 5) is 36.6. The molecule has 0 N–H and O–H groups in total. The first-order valence-electron chi connectivity index (χ1n) is 20.2. The van der Waals surface area contributed by atoms with E-state index in [1.165, 1.54) is 0 Å². The van der Waals surface area contributed by atoms with Crippen LogP contribution in [0, 0.1) is 0 Å². The molecule has 0 saturated heterocycles. The van der Waals surface area contributed by atoms with E-state index in [9.17, 15) is 14.4 Å². The van der Waals surface area contributed by atoms with Gasteiger partial charge in [-0.2, -0.15) is 0 Å². The molecule has 1 aromatic carbocycles. The molecule has 6 atom stereocenters. The Bertz CT molecular complexity index is 1340. The molecule has 0 aliphatic carbocycles. The summed E-state index contributed by atoms with van der Waals surface area (Å²) in [5.41, 5.74) is -1.05. The molecular weight excluding hydrogens is 773 g/mol. The number of carbonyl (C=O) groups is 3. The Morgan fingerprint density at radius 1 is 0.491 bits per heavy atom. The molecule has 6 unspecified atom stereocenters. The third kappa shape index (κ3) is 15.9. The number of hydrogen-bond acceptors (Lipinski definition) is 12. The van der Waals surface area contributed by atoms with Gasteiger partial charge in [-0.05, 0) is 69.8 Å². The second-order valence-corrected chi connectivity index (χ2v) is 27.7. The Balaban J connectivity index is 3.85. The molecular formula is C39H71O12Si4. The maximum atomic E-state index is 12.2. The molecule has 0 fully saturated rings. The van der Waals surface area contributed by atoms with Crippen LogP contribution in [0.25, 0.3) is 0 Å². The van der Waals surface area contributed by atoms with E-state index in [1.54, 1.807) is 20.8 Å². The van der Waals surface area contributed by atoms with Gasteiger partial charge in [0, 0.05) is 38.5 Å². The Labute approximate surface area is 338 Å². The maximum Gasteiger partial charge on any atom is 0.307 e. The Morgan fingerprint density at radius 3 is 1.09 bits per heavy atom. The summed E-state index contributed by atoms with van der Waals surface area (Å²) < 4.78 is 57.4. The lowest BCUT2D eigenvalue weighted by Crippen LogP contribution is -2.53. The molecule has 0 heterocycles. The summed E-state index contributed by atoms with van der Waals surface area (Å²) >= 11 is 0. The molecule has 12 nitrogen and oxygen atoms in total. The summed E-state index contributed by atoms with van der Waals surface area (Å²) in [6, 6.07) is 3.74. The molecule has 1 aromatic rings. The van der Waals surface area contributed by atoms with Crippen molar-refractivity contribution in [1.82, 2.24) is 0 Å². The largest absolute Gasteiger partial charge is 0.539 e. The van der Waals surface area contributed by atoms with Crippen molar-refractivity contribution in [3.63, 3.8) is 0 Å². The van der Waals surface area contributed by atoms with E-state index in [2.05, 4.69) is 49.5 Å². The summed E-state index contributed by atoms with van der Waals surface area (Å²) in [6.07, 6.45) is 1.99. The summed E-state index contributed by atoms with van der Waals surface area (Å²) in [5, 5.41) is 0.657. The van der Waals surface area contributed by atoms with Crippen LogP contribution in [0.5, 0.6) is 17.2 Å². The summed E-state index contributed by atoms with van der Waals surface area (Å²) in [5.74, 6) is 0.394. The van der Waals surface area contributed by atoms with Gasteiger partial charge in [0.25, 0.3) is 25.0 Å². The molecule has 0 spiro atoms. The van der Waals surface area contributed by atoms with E-state index in [1.807, 2.05) is 53.7 Å². The predicted molar refractivity (Wildman–Crippen MR) is 223 cm³/mol. The fourth-order valence-corrected chi connectivity index (χ4v) is 13.3. The first-order chi connectivity index (χ1) is 25.7. The van der Waals surface area contributed by atoms with Gasteiger partial charge in [0.15, 0.2) is 5.75 Å². The van der Waals surface area contributed by atoms with Crippen molar-refractivity contribution in [3.8, 4) is 17.2 Å². The van der Waals surface area contributed by atoms with Crippen LogP contribution in [-0.4, -0.2) is 89.2 Å². The molecule has 0 aromatic heterocycles. The minimum atomic E-state index is -2.87. The smallest absolute Gasteiger partial charge is 0.307 e. The van der Waals surface area contributed by atoms with Crippen LogP contribution >= 0.6 is 0 Å². The van der Waals surface area contributed by atoms with Gasteiger partial charge >= 0.3 is 17.9 Å². The molecule has 0 aliphatic heterocycles. The van der Waals surface area contributed by atoms with Gasteiger partial charge < -0.3 is 41.7 Å². The third-order valence-corrected chi connectivity index (χ3v) is 18.1. The first-order valence-corrected chi connectivity index (χ1v) is 29.7. The first kappa shape index (κ1) is 50.8. The molecule has 0 amide bonds. The van der Waals surface area contributed by atoms with E-state index >= 15 is 0 Å². The summed E-state index contributed by atoms with van der Waals surface area (Å²) in [7, 11) is -4.63. The zero-order chi connectivity index (χ0) is 42.1. The fourth-order valence-electron chi connectivity index (χ4n) is 5.95. The normalized spacial score (nSPS) is 15.6. The van der Waals surface area contributed by atoms with E-state index in [-0.39, 0.29) is 54.4 Å². The number of carbonyl (C=O) groups excluding carboxylic acids is 3. The second kappa shape index (κ2) is 23.9. The zero-order valence-corrected chi connectivity index (χ0v) is 40.4. The average molecular weight is 844 g/mol. The summed E-state index contributed by atoms with van der Waals surface area (Å²) in [6.45, 7) is 29.5. The number of benzene rings is 1.